The summed E-state index contributed by atoms with van der Waals surface area (Å²) in [5.74, 6) is 2.58. The van der Waals surface area contributed by atoms with Gasteiger partial charge in [-0.05, 0) is 12.1 Å². The third-order valence-corrected chi connectivity index (χ3v) is 2.59. The van der Waals surface area contributed by atoms with E-state index in [1.54, 1.807) is 12.4 Å². The quantitative estimate of drug-likeness (QED) is 0.336. The second-order valence-corrected chi connectivity index (χ2v) is 3.58. The van der Waals surface area contributed by atoms with Crippen molar-refractivity contribution in [3.63, 3.8) is 0 Å². The van der Waals surface area contributed by atoms with Gasteiger partial charge < -0.3 is 0 Å². The highest BCUT2D eigenvalue weighted by molar-refractivity contribution is 6.02. The fourth-order valence-corrected chi connectivity index (χ4v) is 1.82. The fraction of sp³-hybridized carbons (Fsp3) is 0. The second kappa shape index (κ2) is 5.11. The molecule has 2 heteroatoms. The van der Waals surface area contributed by atoms with E-state index in [2.05, 4.69) is 29.0 Å². The number of aromatic nitrogens is 2. The van der Waals surface area contributed by atoms with E-state index < -0.39 is 0 Å². The van der Waals surface area contributed by atoms with Crippen LogP contribution < -0.4 is 0 Å². The lowest BCUT2D eigenvalue weighted by Gasteiger charge is -2.02. The van der Waals surface area contributed by atoms with Gasteiger partial charge in [0.05, 0.1) is 11.0 Å². The lowest BCUT2D eigenvalue weighted by atomic mass is 10.1. The summed E-state index contributed by atoms with van der Waals surface area (Å²) in [6, 6.07) is 9.96. The van der Waals surface area contributed by atoms with Crippen molar-refractivity contribution in [1.29, 1.82) is 0 Å². The highest BCUT2D eigenvalue weighted by atomic mass is 14.7. The first-order chi connectivity index (χ1) is 8.88. The monoisotopic (exact) mass is 232 g/mol. The van der Waals surface area contributed by atoms with E-state index in [1.807, 2.05) is 30.3 Å². The van der Waals surface area contributed by atoms with Crippen molar-refractivity contribution in [2.75, 3.05) is 0 Å². The molecule has 0 unspecified atom stereocenters. The van der Waals surface area contributed by atoms with Crippen LogP contribution in [0, 0.1) is 12.3 Å². The van der Waals surface area contributed by atoms with E-state index in [-0.39, 0.29) is 0 Å². The minimum absolute atomic E-state index is 0.794. The summed E-state index contributed by atoms with van der Waals surface area (Å²) in [6.07, 6.45) is 8.83. The molecule has 3 rings (SSSR count). The Balaban J connectivity index is 0.000000574. The number of hydrogen-bond donors (Lipinski definition) is 0. The summed E-state index contributed by atoms with van der Waals surface area (Å²) >= 11 is 0. The van der Waals surface area contributed by atoms with Gasteiger partial charge in [0.2, 0.25) is 0 Å². The molecule has 0 aliphatic carbocycles. The Morgan fingerprint density at radius 1 is 1.00 bits per heavy atom. The molecule has 3 aromatic rings. The maximum Gasteiger partial charge on any atom is 0.0965 e. The van der Waals surface area contributed by atoms with E-state index in [0.29, 0.717) is 0 Å². The van der Waals surface area contributed by atoms with Gasteiger partial charge >= 0.3 is 0 Å². The van der Waals surface area contributed by atoms with Crippen molar-refractivity contribution in [3.8, 4) is 12.3 Å². The molecule has 18 heavy (non-hydrogen) atoms. The Bertz CT molecular complexity index is 739. The minimum atomic E-state index is 0.794. The van der Waals surface area contributed by atoms with Crippen molar-refractivity contribution in [3.05, 3.63) is 61.4 Å². The molecule has 2 aromatic heterocycles. The normalized spacial score (nSPS) is 9.50. The average Bonchev–Trinajstić information content (AvgIpc) is 2.48. The van der Waals surface area contributed by atoms with Crippen molar-refractivity contribution in [1.82, 2.24) is 9.97 Å². The van der Waals surface area contributed by atoms with E-state index in [1.165, 1.54) is 0 Å². The molecule has 1 aromatic carbocycles. The SMILES string of the molecule is C#Cc1cnc2c(ccc3cccnc32)c1.C=C. The lowest BCUT2D eigenvalue weighted by molar-refractivity contribution is 1.36. The van der Waals surface area contributed by atoms with Crippen molar-refractivity contribution in [2.24, 2.45) is 0 Å². The molecular weight excluding hydrogens is 220 g/mol. The van der Waals surface area contributed by atoms with Gasteiger partial charge in [-0.15, -0.1) is 19.6 Å². The van der Waals surface area contributed by atoms with Gasteiger partial charge in [0.1, 0.15) is 0 Å². The molecule has 86 valence electrons. The fourth-order valence-electron chi connectivity index (χ4n) is 1.82. The molecule has 0 atom stereocenters. The Kier molecular flexibility index (Phi) is 3.36. The molecule has 0 fully saturated rings. The number of rotatable bonds is 0. The summed E-state index contributed by atoms with van der Waals surface area (Å²) in [7, 11) is 0. The van der Waals surface area contributed by atoms with Crippen LogP contribution in [-0.4, -0.2) is 9.97 Å². The summed E-state index contributed by atoms with van der Waals surface area (Å²) in [5.41, 5.74) is 2.61. The molecule has 0 N–H and O–H groups in total. The third-order valence-electron chi connectivity index (χ3n) is 2.59. The van der Waals surface area contributed by atoms with E-state index in [9.17, 15) is 0 Å². The predicted octanol–water partition coefficient (Wildman–Crippen LogP) is 3.57. The topological polar surface area (TPSA) is 25.8 Å². The van der Waals surface area contributed by atoms with Gasteiger partial charge in [-0.2, -0.15) is 0 Å². The maximum absolute atomic E-state index is 5.35. The number of benzene rings is 1. The van der Waals surface area contributed by atoms with Crippen molar-refractivity contribution < 1.29 is 0 Å². The van der Waals surface area contributed by atoms with Gasteiger partial charge in [-0.1, -0.05) is 24.1 Å². The van der Waals surface area contributed by atoms with Gasteiger partial charge in [-0.25, -0.2) is 0 Å². The first-order valence-corrected chi connectivity index (χ1v) is 5.48. The van der Waals surface area contributed by atoms with Gasteiger partial charge in [0.15, 0.2) is 0 Å². The molecule has 0 aliphatic heterocycles. The molecule has 0 aliphatic rings. The largest absolute Gasteiger partial charge is 0.254 e. The van der Waals surface area contributed by atoms with Crippen LogP contribution in [0.2, 0.25) is 0 Å². The Morgan fingerprint density at radius 2 is 1.72 bits per heavy atom. The number of terminal acetylenes is 1. The second-order valence-electron chi connectivity index (χ2n) is 3.58. The highest BCUT2D eigenvalue weighted by Gasteiger charge is 2.02. The lowest BCUT2D eigenvalue weighted by Crippen LogP contribution is -1.86. The first kappa shape index (κ1) is 11.8. The van der Waals surface area contributed by atoms with Crippen LogP contribution in [-0.2, 0) is 0 Å². The van der Waals surface area contributed by atoms with E-state index in [4.69, 9.17) is 6.42 Å². The van der Waals surface area contributed by atoms with Crippen molar-refractivity contribution >= 4 is 21.8 Å². The molecule has 0 amide bonds. The molecule has 2 nitrogen and oxygen atoms in total. The zero-order valence-corrected chi connectivity index (χ0v) is 9.93. The van der Waals surface area contributed by atoms with Crippen LogP contribution in [0.15, 0.2) is 55.9 Å². The predicted molar refractivity (Wildman–Crippen MR) is 76.2 cm³/mol. The summed E-state index contributed by atoms with van der Waals surface area (Å²) in [5, 5.41) is 2.12. The molecule has 2 heterocycles. The van der Waals surface area contributed by atoms with Crippen LogP contribution in [0.1, 0.15) is 5.56 Å². The molecule has 0 bridgehead atoms. The first-order valence-electron chi connectivity index (χ1n) is 5.48. The zero-order valence-electron chi connectivity index (χ0n) is 9.93. The van der Waals surface area contributed by atoms with Gasteiger partial charge in [-0.3, -0.25) is 9.97 Å². The number of nitrogens with zero attached hydrogens (tertiary/aromatic N) is 2. The number of pyridine rings is 2. The third kappa shape index (κ3) is 1.94. The van der Waals surface area contributed by atoms with E-state index in [0.717, 1.165) is 27.4 Å². The van der Waals surface area contributed by atoms with Crippen LogP contribution in [0.25, 0.3) is 21.8 Å². The van der Waals surface area contributed by atoms with Gasteiger partial charge in [0, 0.05) is 28.7 Å². The molecule has 0 saturated carbocycles. The van der Waals surface area contributed by atoms with Gasteiger partial charge in [0.25, 0.3) is 0 Å². The summed E-state index contributed by atoms with van der Waals surface area (Å²) in [4.78, 5) is 8.73. The number of fused-ring (bicyclic) bond motifs is 3. The van der Waals surface area contributed by atoms with Crippen LogP contribution >= 0.6 is 0 Å². The Morgan fingerprint density at radius 3 is 2.50 bits per heavy atom. The minimum Gasteiger partial charge on any atom is -0.254 e. The standard InChI is InChI=1S/C14H8N2.C2H4/c1-2-10-8-12-6-5-11-4-3-7-15-13(11)14(12)16-9-10;1-2/h1,3-9H;1-2H2. The molecule has 0 saturated heterocycles. The maximum atomic E-state index is 5.35. The smallest absolute Gasteiger partial charge is 0.0965 e. The Labute approximate surface area is 106 Å². The molecule has 0 spiro atoms. The van der Waals surface area contributed by atoms with E-state index >= 15 is 0 Å². The highest BCUT2D eigenvalue weighted by Crippen LogP contribution is 2.21. The molecule has 0 radical (unpaired) electrons. The number of hydrogen-bond acceptors (Lipinski definition) is 2. The Hall–Kier alpha value is -2.66. The zero-order chi connectivity index (χ0) is 13.0. The van der Waals surface area contributed by atoms with Crippen LogP contribution in [0.4, 0.5) is 0 Å². The molecular formula is C16H12N2. The van der Waals surface area contributed by atoms with Crippen LogP contribution in [0.5, 0.6) is 0 Å². The summed E-state index contributed by atoms with van der Waals surface area (Å²) in [6.45, 7) is 6.00. The summed E-state index contributed by atoms with van der Waals surface area (Å²) < 4.78 is 0. The van der Waals surface area contributed by atoms with Crippen LogP contribution in [0.3, 0.4) is 0 Å². The average molecular weight is 232 g/mol. The van der Waals surface area contributed by atoms with Crippen molar-refractivity contribution in [2.45, 2.75) is 0 Å².